The molecule has 1 fully saturated rings. The fourth-order valence-electron chi connectivity index (χ4n) is 3.87. The lowest BCUT2D eigenvalue weighted by atomic mass is 10.0. The molecule has 2 aromatic heterocycles. The topological polar surface area (TPSA) is 183 Å². The average Bonchev–Trinajstić information content (AvgIpc) is 3.37. The molecule has 13 heteroatoms. The van der Waals surface area contributed by atoms with Crippen LogP contribution in [0.4, 0.5) is 5.82 Å². The molecule has 12 nitrogen and oxygen atoms in total. The molecule has 0 amide bonds. The number of hydrogen-bond acceptors (Lipinski definition) is 10. The zero-order valence-corrected chi connectivity index (χ0v) is 18.8. The number of nitrogens with zero attached hydrogens (tertiary/aromatic N) is 4. The number of anilines is 1. The molecule has 0 radical (unpaired) electrons. The van der Waals surface area contributed by atoms with Crippen LogP contribution in [0, 0.1) is 5.92 Å². The van der Waals surface area contributed by atoms with Gasteiger partial charge in [0, 0.05) is 18.3 Å². The van der Waals surface area contributed by atoms with Gasteiger partial charge in [0.2, 0.25) is 5.78 Å². The summed E-state index contributed by atoms with van der Waals surface area (Å²) in [4.78, 5) is 21.1. The van der Waals surface area contributed by atoms with Gasteiger partial charge in [0.25, 0.3) is 0 Å². The molecule has 0 saturated heterocycles. The number of carbonyl (C=O) groups excluding carboxylic acids is 1. The van der Waals surface area contributed by atoms with Crippen molar-refractivity contribution in [3.05, 3.63) is 71.9 Å². The minimum absolute atomic E-state index is 0.00664. The number of rotatable bonds is 9. The Morgan fingerprint density at radius 1 is 1.29 bits per heavy atom. The van der Waals surface area contributed by atoms with Crippen molar-refractivity contribution in [2.24, 2.45) is 11.1 Å². The summed E-state index contributed by atoms with van der Waals surface area (Å²) in [5.74, 6) is -1.17. The van der Waals surface area contributed by atoms with Crippen molar-refractivity contribution in [3.63, 3.8) is 0 Å². The van der Waals surface area contributed by atoms with Crippen LogP contribution in [-0.4, -0.2) is 62.6 Å². The summed E-state index contributed by atoms with van der Waals surface area (Å²) in [6, 6.07) is 11.2. The molecule has 2 heterocycles. The number of carbonyl (C=O) groups is 1. The molecule has 3 atom stereocenters. The summed E-state index contributed by atoms with van der Waals surface area (Å²) in [6.45, 7) is 0.0941. The zero-order chi connectivity index (χ0) is 24.3. The van der Waals surface area contributed by atoms with Crippen LogP contribution in [0.25, 0.3) is 0 Å². The van der Waals surface area contributed by atoms with Crippen LogP contribution in [0.2, 0.25) is 0 Å². The third-order valence-corrected chi connectivity index (χ3v) is 6.10. The maximum Gasteiger partial charge on any atom is 0.333 e. The lowest BCUT2D eigenvalue weighted by Crippen LogP contribution is -2.48. The Bertz CT molecular complexity index is 1270. The first kappa shape index (κ1) is 23.9. The minimum atomic E-state index is -4.19. The Kier molecular flexibility index (Phi) is 6.72. The summed E-state index contributed by atoms with van der Waals surface area (Å²) >= 11 is 0. The predicted octanol–water partition coefficient (Wildman–Crippen LogP) is 0.0439. The van der Waals surface area contributed by atoms with Gasteiger partial charge in [0.05, 0.1) is 18.7 Å². The normalized spacial score (nSPS) is 22.6. The monoisotopic (exact) mass is 488 g/mol. The first-order chi connectivity index (χ1) is 16.1. The SMILES string of the molecule is NS(=O)(=O)OC[C@H]1CC[C@@](O)(Nc2ncncc2C(=O)c2ccn(Cc3ccccc3)n2)[C@@H]1O. The Morgan fingerprint density at radius 2 is 2.06 bits per heavy atom. The molecule has 1 aliphatic carbocycles. The van der Waals surface area contributed by atoms with Crippen LogP contribution in [0.1, 0.15) is 34.5 Å². The summed E-state index contributed by atoms with van der Waals surface area (Å²) in [5.41, 5.74) is -0.638. The summed E-state index contributed by atoms with van der Waals surface area (Å²) < 4.78 is 28.3. The first-order valence-electron chi connectivity index (χ1n) is 10.4. The van der Waals surface area contributed by atoms with Gasteiger partial charge in [-0.15, -0.1) is 0 Å². The number of aliphatic hydroxyl groups is 2. The zero-order valence-electron chi connectivity index (χ0n) is 18.0. The molecule has 1 saturated carbocycles. The molecule has 5 N–H and O–H groups in total. The van der Waals surface area contributed by atoms with E-state index in [4.69, 9.17) is 5.14 Å². The second-order valence-corrected chi connectivity index (χ2v) is 9.29. The van der Waals surface area contributed by atoms with E-state index in [0.29, 0.717) is 6.54 Å². The summed E-state index contributed by atoms with van der Waals surface area (Å²) in [5, 5.41) is 33.4. The van der Waals surface area contributed by atoms with E-state index in [1.54, 1.807) is 16.9 Å². The minimum Gasteiger partial charge on any atom is -0.388 e. The average molecular weight is 489 g/mol. The third-order valence-electron chi connectivity index (χ3n) is 5.63. The van der Waals surface area contributed by atoms with Crippen LogP contribution in [0.3, 0.4) is 0 Å². The summed E-state index contributed by atoms with van der Waals surface area (Å²) in [7, 11) is -4.19. The van der Waals surface area contributed by atoms with Gasteiger partial charge in [-0.1, -0.05) is 30.3 Å². The van der Waals surface area contributed by atoms with E-state index in [0.717, 1.165) is 5.56 Å². The first-order valence-corrected chi connectivity index (χ1v) is 11.9. The molecule has 4 rings (SSSR count). The van der Waals surface area contributed by atoms with Gasteiger partial charge >= 0.3 is 10.3 Å². The van der Waals surface area contributed by atoms with E-state index in [1.807, 2.05) is 30.3 Å². The van der Waals surface area contributed by atoms with E-state index in [9.17, 15) is 23.4 Å². The van der Waals surface area contributed by atoms with Crippen molar-refractivity contribution in [1.29, 1.82) is 0 Å². The smallest absolute Gasteiger partial charge is 0.333 e. The third kappa shape index (κ3) is 5.46. The standard InChI is InChI=1S/C21H24N6O6S/c22-34(31,32)33-12-15-6-8-21(30,19(15)29)25-20-16(10-23-13-24-20)18(28)17-7-9-27(26-17)11-14-4-2-1-3-5-14/h1-5,7,9-10,13,15,19,29-30H,6,8,11-12H2,(H2,22,31,32)(H,23,24,25)/t15-,19-,21+/m1/s1. The molecule has 34 heavy (non-hydrogen) atoms. The van der Waals surface area contributed by atoms with Crippen molar-refractivity contribution < 1.29 is 27.6 Å². The Hall–Kier alpha value is -3.23. The number of ketones is 1. The highest BCUT2D eigenvalue weighted by atomic mass is 32.2. The highest BCUT2D eigenvalue weighted by Crippen LogP contribution is 2.36. The van der Waals surface area contributed by atoms with Crippen molar-refractivity contribution in [3.8, 4) is 0 Å². The van der Waals surface area contributed by atoms with Crippen LogP contribution in [-0.2, 0) is 21.0 Å². The molecule has 0 spiro atoms. The van der Waals surface area contributed by atoms with Crippen molar-refractivity contribution >= 4 is 21.9 Å². The van der Waals surface area contributed by atoms with Crippen LogP contribution in [0.15, 0.2) is 55.1 Å². The second kappa shape index (κ2) is 9.56. The van der Waals surface area contributed by atoms with Crippen LogP contribution < -0.4 is 10.5 Å². The van der Waals surface area contributed by atoms with Gasteiger partial charge in [-0.2, -0.15) is 13.5 Å². The molecule has 0 aliphatic heterocycles. The quantitative estimate of drug-likeness (QED) is 0.237. The van der Waals surface area contributed by atoms with Gasteiger partial charge in [-0.25, -0.2) is 15.1 Å². The van der Waals surface area contributed by atoms with Gasteiger partial charge in [0.1, 0.15) is 23.9 Å². The predicted molar refractivity (Wildman–Crippen MR) is 120 cm³/mol. The molecule has 3 aromatic rings. The van der Waals surface area contributed by atoms with Gasteiger partial charge < -0.3 is 15.5 Å². The lowest BCUT2D eigenvalue weighted by molar-refractivity contribution is -0.0527. The molecule has 180 valence electrons. The van der Waals surface area contributed by atoms with E-state index in [1.165, 1.54) is 12.5 Å². The molecule has 1 aliphatic rings. The molecular weight excluding hydrogens is 464 g/mol. The maximum absolute atomic E-state index is 13.1. The number of hydrogen-bond donors (Lipinski definition) is 4. The Morgan fingerprint density at radius 3 is 2.79 bits per heavy atom. The highest BCUT2D eigenvalue weighted by molar-refractivity contribution is 7.84. The molecule has 1 aromatic carbocycles. The van der Waals surface area contributed by atoms with Crippen molar-refractivity contribution in [1.82, 2.24) is 19.7 Å². The second-order valence-electron chi connectivity index (χ2n) is 8.07. The number of benzene rings is 1. The van der Waals surface area contributed by atoms with E-state index < -0.39 is 40.4 Å². The van der Waals surface area contributed by atoms with Crippen molar-refractivity contribution in [2.75, 3.05) is 11.9 Å². The molecular formula is C21H24N6O6S. The number of nitrogens with two attached hydrogens (primary N) is 1. The Balaban J connectivity index is 1.49. The molecule has 0 unspecified atom stereocenters. The lowest BCUT2D eigenvalue weighted by Gasteiger charge is -2.30. The Labute approximate surface area is 195 Å². The number of aromatic nitrogens is 4. The van der Waals surface area contributed by atoms with Crippen LogP contribution in [0.5, 0.6) is 0 Å². The maximum atomic E-state index is 13.1. The number of aliphatic hydroxyl groups excluding tert-OH is 1. The number of nitrogens with one attached hydrogen (secondary N) is 1. The van der Waals surface area contributed by atoms with Gasteiger partial charge in [-0.3, -0.25) is 13.7 Å². The largest absolute Gasteiger partial charge is 0.388 e. The van der Waals surface area contributed by atoms with Gasteiger partial charge in [0.15, 0.2) is 5.72 Å². The summed E-state index contributed by atoms with van der Waals surface area (Å²) in [6.07, 6.45) is 3.06. The fraction of sp³-hybridized carbons (Fsp3) is 0.333. The highest BCUT2D eigenvalue weighted by Gasteiger charge is 2.47. The molecule has 0 bridgehead atoms. The van der Waals surface area contributed by atoms with Crippen molar-refractivity contribution in [2.45, 2.75) is 31.2 Å². The van der Waals surface area contributed by atoms with Crippen LogP contribution >= 0.6 is 0 Å². The van der Waals surface area contributed by atoms with E-state index in [2.05, 4.69) is 24.6 Å². The van der Waals surface area contributed by atoms with E-state index in [-0.39, 0.29) is 29.9 Å². The van der Waals surface area contributed by atoms with Gasteiger partial charge in [-0.05, 0) is 24.5 Å². The fourth-order valence-corrected chi connectivity index (χ4v) is 4.24. The van der Waals surface area contributed by atoms with E-state index >= 15 is 0 Å².